The molecule has 0 saturated carbocycles. The Kier molecular flexibility index (Phi) is 5.51. The number of hydrogen-bond acceptors (Lipinski definition) is 6. The zero-order chi connectivity index (χ0) is 17.8. The molecule has 2 aromatic rings. The Labute approximate surface area is 155 Å². The summed E-state index contributed by atoms with van der Waals surface area (Å²) in [4.78, 5) is 14.7. The summed E-state index contributed by atoms with van der Waals surface area (Å²) in [5.41, 5.74) is 1.93. The number of morpholine rings is 1. The molecule has 6 nitrogen and oxygen atoms in total. The first-order valence-electron chi connectivity index (χ1n) is 9.85. The first kappa shape index (κ1) is 17.5. The number of rotatable bonds is 6. The minimum Gasteiger partial charge on any atom is -0.379 e. The van der Waals surface area contributed by atoms with E-state index in [4.69, 9.17) is 14.7 Å². The van der Waals surface area contributed by atoms with Gasteiger partial charge in [0.15, 0.2) is 11.6 Å². The van der Waals surface area contributed by atoms with E-state index in [0.29, 0.717) is 5.92 Å². The zero-order valence-electron chi connectivity index (χ0n) is 15.7. The molecule has 0 bridgehead atoms. The quantitative estimate of drug-likeness (QED) is 0.860. The van der Waals surface area contributed by atoms with Crippen LogP contribution in [0.5, 0.6) is 0 Å². The molecular formula is C20H29N5O. The van der Waals surface area contributed by atoms with E-state index in [0.717, 1.165) is 75.2 Å². The van der Waals surface area contributed by atoms with E-state index in [-0.39, 0.29) is 0 Å². The molecule has 0 amide bonds. The van der Waals surface area contributed by atoms with Gasteiger partial charge in [-0.15, -0.1) is 0 Å². The first-order chi connectivity index (χ1) is 12.8. The fourth-order valence-corrected chi connectivity index (χ4v) is 3.82. The second-order valence-corrected chi connectivity index (χ2v) is 7.48. The minimum absolute atomic E-state index is 0.549. The molecule has 1 unspecified atom stereocenters. The summed E-state index contributed by atoms with van der Waals surface area (Å²) in [6.07, 6.45) is 2.47. The lowest BCUT2D eigenvalue weighted by molar-refractivity contribution is 0.0325. The fourth-order valence-electron chi connectivity index (χ4n) is 3.82. The van der Waals surface area contributed by atoms with Crippen molar-refractivity contribution < 1.29 is 4.74 Å². The third-order valence-corrected chi connectivity index (χ3v) is 5.25. The van der Waals surface area contributed by atoms with Crippen LogP contribution in [0.2, 0.25) is 0 Å². The van der Waals surface area contributed by atoms with E-state index in [2.05, 4.69) is 22.0 Å². The molecule has 1 aromatic heterocycles. The molecular weight excluding hydrogens is 326 g/mol. The maximum atomic E-state index is 5.44. The van der Waals surface area contributed by atoms with Gasteiger partial charge in [0.2, 0.25) is 0 Å². The predicted octanol–water partition coefficient (Wildman–Crippen LogP) is 2.61. The second kappa shape index (κ2) is 8.18. The highest BCUT2D eigenvalue weighted by atomic mass is 16.5. The van der Waals surface area contributed by atoms with Crippen LogP contribution in [0, 0.1) is 5.92 Å². The fraction of sp³-hybridized carbons (Fsp3) is 0.600. The zero-order valence-corrected chi connectivity index (χ0v) is 15.7. The van der Waals surface area contributed by atoms with Crippen LogP contribution in [0.4, 0.5) is 11.6 Å². The summed E-state index contributed by atoms with van der Waals surface area (Å²) in [7, 11) is 0. The largest absolute Gasteiger partial charge is 0.379 e. The van der Waals surface area contributed by atoms with Gasteiger partial charge in [-0.05, 0) is 30.9 Å². The lowest BCUT2D eigenvalue weighted by Crippen LogP contribution is -2.40. The van der Waals surface area contributed by atoms with Gasteiger partial charge < -0.3 is 15.0 Å². The van der Waals surface area contributed by atoms with E-state index in [1.54, 1.807) is 0 Å². The highest BCUT2D eigenvalue weighted by Crippen LogP contribution is 2.28. The van der Waals surface area contributed by atoms with Crippen molar-refractivity contribution in [3.05, 3.63) is 24.3 Å². The number of ether oxygens (including phenoxy) is 1. The smallest absolute Gasteiger partial charge is 0.172 e. The summed E-state index contributed by atoms with van der Waals surface area (Å²) >= 11 is 0. The van der Waals surface area contributed by atoms with Crippen molar-refractivity contribution in [1.82, 2.24) is 14.9 Å². The molecule has 0 spiro atoms. The van der Waals surface area contributed by atoms with Gasteiger partial charge in [0, 0.05) is 39.3 Å². The molecule has 6 heteroatoms. The molecule has 1 atom stereocenters. The van der Waals surface area contributed by atoms with E-state index in [1.807, 2.05) is 24.3 Å². The summed E-state index contributed by atoms with van der Waals surface area (Å²) in [6.45, 7) is 10.2. The van der Waals surface area contributed by atoms with Crippen LogP contribution >= 0.6 is 0 Å². The van der Waals surface area contributed by atoms with Gasteiger partial charge in [-0.2, -0.15) is 0 Å². The van der Waals surface area contributed by atoms with Gasteiger partial charge in [-0.25, -0.2) is 9.97 Å². The normalized spacial score (nSPS) is 19.8. The van der Waals surface area contributed by atoms with Gasteiger partial charge in [0.05, 0.1) is 24.2 Å². The maximum Gasteiger partial charge on any atom is 0.172 e. The Bertz CT molecular complexity index is 725. The highest BCUT2D eigenvalue weighted by Gasteiger charge is 2.20. The van der Waals surface area contributed by atoms with Crippen LogP contribution < -0.4 is 10.2 Å². The Morgan fingerprint density at radius 3 is 2.46 bits per heavy atom. The van der Waals surface area contributed by atoms with Crippen LogP contribution in [-0.4, -0.2) is 67.4 Å². The lowest BCUT2D eigenvalue weighted by Gasteiger charge is -2.29. The van der Waals surface area contributed by atoms with E-state index < -0.39 is 0 Å². The van der Waals surface area contributed by atoms with Crippen molar-refractivity contribution in [2.75, 3.05) is 62.7 Å². The topological polar surface area (TPSA) is 53.5 Å². The Balaban J connectivity index is 1.47. The van der Waals surface area contributed by atoms with Crippen LogP contribution in [0.25, 0.3) is 11.0 Å². The van der Waals surface area contributed by atoms with Crippen LogP contribution in [-0.2, 0) is 4.74 Å². The van der Waals surface area contributed by atoms with Gasteiger partial charge in [0.1, 0.15) is 0 Å². The van der Waals surface area contributed by atoms with Crippen molar-refractivity contribution in [2.45, 2.75) is 19.8 Å². The molecule has 2 fully saturated rings. The van der Waals surface area contributed by atoms with Crippen molar-refractivity contribution in [3.63, 3.8) is 0 Å². The molecule has 2 aliphatic heterocycles. The Morgan fingerprint density at radius 1 is 1.04 bits per heavy atom. The first-order valence-corrected chi connectivity index (χ1v) is 9.85. The molecule has 0 radical (unpaired) electrons. The number of anilines is 2. The number of fused-ring (bicyclic) bond motifs is 1. The lowest BCUT2D eigenvalue weighted by atomic mass is 10.1. The predicted molar refractivity (Wildman–Crippen MR) is 106 cm³/mol. The number of nitrogens with zero attached hydrogens (tertiary/aromatic N) is 4. The average molecular weight is 355 g/mol. The van der Waals surface area contributed by atoms with Crippen LogP contribution in [0.15, 0.2) is 24.3 Å². The molecule has 140 valence electrons. The van der Waals surface area contributed by atoms with Gasteiger partial charge >= 0.3 is 0 Å². The highest BCUT2D eigenvalue weighted by molar-refractivity contribution is 5.80. The standard InChI is InChI=1S/C20H29N5O/c1-16(15-24-10-12-26-13-11-24)14-21-19-20(25-8-4-5-9-25)23-18-7-3-2-6-17(18)22-19/h2-3,6-7,16H,4-5,8-15H2,1H3,(H,21,22). The number of benzene rings is 1. The van der Waals surface area contributed by atoms with E-state index in [9.17, 15) is 0 Å². The van der Waals surface area contributed by atoms with Gasteiger partial charge in [0.25, 0.3) is 0 Å². The van der Waals surface area contributed by atoms with Crippen LogP contribution in [0.1, 0.15) is 19.8 Å². The number of hydrogen-bond donors (Lipinski definition) is 1. The van der Waals surface area contributed by atoms with Crippen molar-refractivity contribution >= 4 is 22.7 Å². The maximum absolute atomic E-state index is 5.44. The molecule has 2 saturated heterocycles. The Morgan fingerprint density at radius 2 is 1.73 bits per heavy atom. The van der Waals surface area contributed by atoms with E-state index >= 15 is 0 Å². The van der Waals surface area contributed by atoms with E-state index in [1.165, 1.54) is 12.8 Å². The SMILES string of the molecule is CC(CNc1nc2ccccc2nc1N1CCCC1)CN1CCOCC1. The minimum atomic E-state index is 0.549. The summed E-state index contributed by atoms with van der Waals surface area (Å²) in [6, 6.07) is 8.14. The number of nitrogens with one attached hydrogen (secondary N) is 1. The molecule has 0 aliphatic carbocycles. The van der Waals surface area contributed by atoms with Crippen LogP contribution in [0.3, 0.4) is 0 Å². The van der Waals surface area contributed by atoms with Crippen molar-refractivity contribution in [1.29, 1.82) is 0 Å². The molecule has 1 N–H and O–H groups in total. The molecule has 1 aromatic carbocycles. The average Bonchev–Trinajstić information content (AvgIpc) is 3.21. The van der Waals surface area contributed by atoms with Gasteiger partial charge in [-0.1, -0.05) is 19.1 Å². The number of aromatic nitrogens is 2. The van der Waals surface area contributed by atoms with Crippen molar-refractivity contribution in [3.8, 4) is 0 Å². The van der Waals surface area contributed by atoms with Gasteiger partial charge in [-0.3, -0.25) is 4.90 Å². The monoisotopic (exact) mass is 355 g/mol. The Hall–Kier alpha value is -1.92. The second-order valence-electron chi connectivity index (χ2n) is 7.48. The third kappa shape index (κ3) is 4.07. The summed E-state index contributed by atoms with van der Waals surface area (Å²) in [5.74, 6) is 2.49. The molecule has 2 aliphatic rings. The summed E-state index contributed by atoms with van der Waals surface area (Å²) < 4.78 is 5.44. The molecule has 3 heterocycles. The van der Waals surface area contributed by atoms with Crippen molar-refractivity contribution in [2.24, 2.45) is 5.92 Å². The molecule has 26 heavy (non-hydrogen) atoms. The number of para-hydroxylation sites is 2. The summed E-state index contributed by atoms with van der Waals surface area (Å²) in [5, 5.41) is 3.60. The third-order valence-electron chi connectivity index (χ3n) is 5.25. The molecule has 4 rings (SSSR count).